The summed E-state index contributed by atoms with van der Waals surface area (Å²) in [6.45, 7) is 4.65. The van der Waals surface area contributed by atoms with Gasteiger partial charge in [0.15, 0.2) is 5.79 Å². The first-order chi connectivity index (χ1) is 7.15. The van der Waals surface area contributed by atoms with E-state index in [0.717, 1.165) is 12.8 Å². The van der Waals surface area contributed by atoms with Crippen LogP contribution in [0.3, 0.4) is 0 Å². The number of rotatable bonds is 4. The predicted molar refractivity (Wildman–Crippen MR) is 52.5 cm³/mol. The summed E-state index contributed by atoms with van der Waals surface area (Å²) in [7, 11) is 1.27. The van der Waals surface area contributed by atoms with Crippen molar-refractivity contribution < 1.29 is 23.7 Å². The molecule has 5 nitrogen and oxygen atoms in total. The van der Waals surface area contributed by atoms with E-state index in [9.17, 15) is 4.79 Å². The summed E-state index contributed by atoms with van der Waals surface area (Å²) in [5.41, 5.74) is 0. The van der Waals surface area contributed by atoms with Crippen LogP contribution in [-0.4, -0.2) is 38.4 Å². The van der Waals surface area contributed by atoms with Crippen molar-refractivity contribution in [3.63, 3.8) is 0 Å². The highest BCUT2D eigenvalue weighted by atomic mass is 16.8. The quantitative estimate of drug-likeness (QED) is 0.672. The van der Waals surface area contributed by atoms with Crippen LogP contribution in [0, 0.1) is 0 Å². The van der Waals surface area contributed by atoms with Crippen molar-refractivity contribution in [1.29, 1.82) is 0 Å². The van der Waals surface area contributed by atoms with Crippen LogP contribution >= 0.6 is 0 Å². The van der Waals surface area contributed by atoms with Crippen molar-refractivity contribution >= 4 is 6.16 Å². The second-order valence-corrected chi connectivity index (χ2v) is 3.43. The van der Waals surface area contributed by atoms with Crippen LogP contribution in [0.1, 0.15) is 26.7 Å². The van der Waals surface area contributed by atoms with Crippen molar-refractivity contribution in [3.8, 4) is 0 Å². The van der Waals surface area contributed by atoms with Crippen LogP contribution in [0.4, 0.5) is 4.79 Å². The molecule has 0 saturated carbocycles. The fraction of sp³-hybridized carbons (Fsp3) is 0.900. The van der Waals surface area contributed by atoms with Gasteiger partial charge >= 0.3 is 6.16 Å². The molecule has 0 aromatic carbocycles. The molecule has 15 heavy (non-hydrogen) atoms. The summed E-state index contributed by atoms with van der Waals surface area (Å²) in [4.78, 5) is 10.7. The Bertz CT molecular complexity index is 212. The molecule has 0 N–H and O–H groups in total. The summed E-state index contributed by atoms with van der Waals surface area (Å²) in [6.07, 6.45) is 0.698. The fourth-order valence-electron chi connectivity index (χ4n) is 1.54. The number of ether oxygens (including phenoxy) is 4. The monoisotopic (exact) mass is 218 g/mol. The number of hydrogen-bond acceptors (Lipinski definition) is 5. The third-order valence-corrected chi connectivity index (χ3v) is 2.54. The third kappa shape index (κ3) is 3.07. The van der Waals surface area contributed by atoms with Gasteiger partial charge in [-0.3, -0.25) is 0 Å². The highest BCUT2D eigenvalue weighted by molar-refractivity contribution is 5.59. The third-order valence-electron chi connectivity index (χ3n) is 2.54. The zero-order valence-corrected chi connectivity index (χ0v) is 9.45. The zero-order chi connectivity index (χ0) is 11.3. The molecule has 1 aliphatic rings. The van der Waals surface area contributed by atoms with Gasteiger partial charge in [0.2, 0.25) is 0 Å². The standard InChI is InChI=1S/C10H18O5/c1-4-10(5-2)14-7-8(15-10)6-13-9(11)12-3/h8H,4-7H2,1-3H3. The molecule has 0 spiro atoms. The molecule has 1 unspecified atom stereocenters. The number of carbonyl (C=O) groups is 1. The molecular formula is C10H18O5. The Kier molecular flexibility index (Phi) is 4.35. The first-order valence-electron chi connectivity index (χ1n) is 5.18. The lowest BCUT2D eigenvalue weighted by molar-refractivity contribution is -0.175. The van der Waals surface area contributed by atoms with Gasteiger partial charge in [-0.05, 0) is 12.8 Å². The van der Waals surface area contributed by atoms with E-state index in [1.54, 1.807) is 0 Å². The Morgan fingerprint density at radius 1 is 1.47 bits per heavy atom. The van der Waals surface area contributed by atoms with E-state index >= 15 is 0 Å². The average molecular weight is 218 g/mol. The number of carbonyl (C=O) groups excluding carboxylic acids is 1. The first-order valence-corrected chi connectivity index (χ1v) is 5.18. The molecule has 0 bridgehead atoms. The van der Waals surface area contributed by atoms with Crippen molar-refractivity contribution in [2.75, 3.05) is 20.3 Å². The molecule has 0 aromatic heterocycles. The van der Waals surface area contributed by atoms with Gasteiger partial charge in [-0.2, -0.15) is 0 Å². The van der Waals surface area contributed by atoms with E-state index < -0.39 is 11.9 Å². The van der Waals surface area contributed by atoms with Gasteiger partial charge in [0.25, 0.3) is 0 Å². The maximum atomic E-state index is 10.7. The van der Waals surface area contributed by atoms with Crippen LogP contribution < -0.4 is 0 Å². The Balaban J connectivity index is 2.33. The Hall–Kier alpha value is -0.810. The van der Waals surface area contributed by atoms with E-state index in [0.29, 0.717) is 6.61 Å². The molecule has 1 rings (SSSR count). The van der Waals surface area contributed by atoms with E-state index in [4.69, 9.17) is 14.2 Å². The molecule has 1 fully saturated rings. The summed E-state index contributed by atoms with van der Waals surface area (Å²) in [6, 6.07) is 0. The molecule has 88 valence electrons. The lowest BCUT2D eigenvalue weighted by Gasteiger charge is -2.24. The largest absolute Gasteiger partial charge is 0.508 e. The van der Waals surface area contributed by atoms with Crippen molar-refractivity contribution in [2.24, 2.45) is 0 Å². The smallest absolute Gasteiger partial charge is 0.438 e. The fourth-order valence-corrected chi connectivity index (χ4v) is 1.54. The van der Waals surface area contributed by atoms with Crippen molar-refractivity contribution in [2.45, 2.75) is 38.6 Å². The Morgan fingerprint density at radius 3 is 2.60 bits per heavy atom. The van der Waals surface area contributed by atoms with Crippen molar-refractivity contribution in [1.82, 2.24) is 0 Å². The maximum absolute atomic E-state index is 10.7. The van der Waals surface area contributed by atoms with Gasteiger partial charge in [-0.1, -0.05) is 13.8 Å². The topological polar surface area (TPSA) is 54.0 Å². The highest BCUT2D eigenvalue weighted by Crippen LogP contribution is 2.30. The van der Waals surface area contributed by atoms with Crippen LogP contribution in [0.25, 0.3) is 0 Å². The van der Waals surface area contributed by atoms with Gasteiger partial charge in [0.1, 0.15) is 12.7 Å². The Labute approximate surface area is 89.6 Å². The Morgan fingerprint density at radius 2 is 2.13 bits per heavy atom. The second-order valence-electron chi connectivity index (χ2n) is 3.43. The molecule has 0 amide bonds. The van der Waals surface area contributed by atoms with E-state index in [1.165, 1.54) is 7.11 Å². The molecule has 1 aliphatic heterocycles. The minimum atomic E-state index is -0.691. The summed E-state index contributed by atoms with van der Waals surface area (Å²) in [5.74, 6) is -0.496. The average Bonchev–Trinajstić information content (AvgIpc) is 2.70. The zero-order valence-electron chi connectivity index (χ0n) is 9.45. The van der Waals surface area contributed by atoms with Gasteiger partial charge in [0.05, 0.1) is 13.7 Å². The van der Waals surface area contributed by atoms with Crippen LogP contribution in [0.5, 0.6) is 0 Å². The molecule has 5 heteroatoms. The lowest BCUT2D eigenvalue weighted by atomic mass is 10.1. The summed E-state index contributed by atoms with van der Waals surface area (Å²) < 4.78 is 20.4. The highest BCUT2D eigenvalue weighted by Gasteiger charge is 2.38. The van der Waals surface area contributed by atoms with Gasteiger partial charge in [-0.15, -0.1) is 0 Å². The van der Waals surface area contributed by atoms with Crippen LogP contribution in [0.15, 0.2) is 0 Å². The number of methoxy groups -OCH3 is 1. The molecule has 0 aromatic rings. The minimum Gasteiger partial charge on any atom is -0.438 e. The van der Waals surface area contributed by atoms with Gasteiger partial charge in [0, 0.05) is 0 Å². The molecular weight excluding hydrogens is 200 g/mol. The van der Waals surface area contributed by atoms with E-state index in [1.807, 2.05) is 13.8 Å². The second kappa shape index (κ2) is 5.32. The van der Waals surface area contributed by atoms with Gasteiger partial charge in [-0.25, -0.2) is 4.79 Å². The van der Waals surface area contributed by atoms with Gasteiger partial charge < -0.3 is 18.9 Å². The lowest BCUT2D eigenvalue weighted by Crippen LogP contribution is -2.30. The molecule has 1 atom stereocenters. The normalized spacial score (nSPS) is 23.8. The molecule has 1 heterocycles. The summed E-state index contributed by atoms with van der Waals surface area (Å²) in [5, 5.41) is 0. The number of hydrogen-bond donors (Lipinski definition) is 0. The van der Waals surface area contributed by atoms with Crippen LogP contribution in [0.2, 0.25) is 0 Å². The first kappa shape index (κ1) is 12.3. The van der Waals surface area contributed by atoms with Crippen molar-refractivity contribution in [3.05, 3.63) is 0 Å². The van der Waals surface area contributed by atoms with Crippen LogP contribution in [-0.2, 0) is 18.9 Å². The maximum Gasteiger partial charge on any atom is 0.508 e. The molecule has 0 aliphatic carbocycles. The molecule has 0 radical (unpaired) electrons. The molecule has 1 saturated heterocycles. The van der Waals surface area contributed by atoms with E-state index in [2.05, 4.69) is 4.74 Å². The summed E-state index contributed by atoms with van der Waals surface area (Å²) >= 11 is 0. The van der Waals surface area contributed by atoms with E-state index in [-0.39, 0.29) is 12.7 Å². The predicted octanol–water partition coefficient (Wildman–Crippen LogP) is 1.70. The minimum absolute atomic E-state index is 0.175. The SMILES string of the molecule is CCC1(CC)OCC(COC(=O)OC)O1.